The van der Waals surface area contributed by atoms with Crippen LogP contribution in [0, 0.1) is 11.8 Å². The van der Waals surface area contributed by atoms with Crippen LogP contribution in [0.15, 0.2) is 65.7 Å². The number of hydrogen-bond donors (Lipinski definition) is 2. The lowest BCUT2D eigenvalue weighted by molar-refractivity contribution is 0.990. The van der Waals surface area contributed by atoms with Gasteiger partial charge in [-0.2, -0.15) is 0 Å². The molecule has 0 radical (unpaired) electrons. The van der Waals surface area contributed by atoms with Crippen LogP contribution in [-0.2, 0) is 0 Å². The highest BCUT2D eigenvalue weighted by Gasteiger charge is 2.08. The zero-order valence-electron chi connectivity index (χ0n) is 15.0. The van der Waals surface area contributed by atoms with E-state index in [4.69, 9.17) is 5.73 Å². The molecule has 0 aliphatic heterocycles. The van der Waals surface area contributed by atoms with E-state index in [1.807, 2.05) is 30.3 Å². The maximum atomic E-state index is 11.9. The van der Waals surface area contributed by atoms with Gasteiger partial charge in [-0.1, -0.05) is 17.9 Å². The van der Waals surface area contributed by atoms with Crippen LogP contribution in [0.5, 0.6) is 0 Å². The van der Waals surface area contributed by atoms with Crippen LogP contribution in [0.1, 0.15) is 11.1 Å². The molecule has 0 bridgehead atoms. The van der Waals surface area contributed by atoms with Gasteiger partial charge in [-0.15, -0.1) is 10.2 Å². The molecule has 0 unspecified atom stereocenters. The summed E-state index contributed by atoms with van der Waals surface area (Å²) in [5, 5.41) is 11.8. The highest BCUT2D eigenvalue weighted by atomic mass is 16.1. The number of rotatable bonds is 2. The van der Waals surface area contributed by atoms with Crippen molar-refractivity contribution < 1.29 is 0 Å². The Kier molecular flexibility index (Phi) is 4.44. The molecule has 28 heavy (non-hydrogen) atoms. The number of nitrogens with one attached hydrogen (secondary N) is 1. The van der Waals surface area contributed by atoms with Crippen molar-refractivity contribution in [2.24, 2.45) is 0 Å². The molecule has 3 N–H and O–H groups in total. The molecule has 0 saturated carbocycles. The lowest BCUT2D eigenvalue weighted by atomic mass is 10.1. The van der Waals surface area contributed by atoms with Gasteiger partial charge in [-0.25, -0.2) is 4.98 Å². The van der Waals surface area contributed by atoms with E-state index in [0.29, 0.717) is 22.7 Å². The lowest BCUT2D eigenvalue weighted by Crippen LogP contribution is -2.15. The molecule has 0 amide bonds. The van der Waals surface area contributed by atoms with Gasteiger partial charge < -0.3 is 11.1 Å². The van der Waals surface area contributed by atoms with E-state index in [2.05, 4.69) is 32.3 Å². The second-order valence-corrected chi connectivity index (χ2v) is 6.01. The molecular weight excluding hydrogens is 352 g/mol. The zero-order valence-corrected chi connectivity index (χ0v) is 15.0. The van der Waals surface area contributed by atoms with Crippen molar-refractivity contribution in [3.63, 3.8) is 0 Å². The van der Waals surface area contributed by atoms with Crippen LogP contribution < -0.4 is 16.6 Å². The Bertz CT molecular complexity index is 1280. The highest BCUT2D eigenvalue weighted by Crippen LogP contribution is 2.22. The Hall–Kier alpha value is -4.18. The van der Waals surface area contributed by atoms with E-state index in [-0.39, 0.29) is 5.56 Å². The fourth-order valence-electron chi connectivity index (χ4n) is 2.81. The Morgan fingerprint density at radius 2 is 1.89 bits per heavy atom. The minimum atomic E-state index is -0.0813. The van der Waals surface area contributed by atoms with Gasteiger partial charge in [0.15, 0.2) is 5.82 Å². The van der Waals surface area contributed by atoms with Crippen LogP contribution in [0.25, 0.3) is 16.6 Å². The fourth-order valence-corrected chi connectivity index (χ4v) is 2.81. The quantitative estimate of drug-likeness (QED) is 0.526. The second kappa shape index (κ2) is 7.21. The molecule has 0 fully saturated rings. The molecule has 7 nitrogen and oxygen atoms in total. The summed E-state index contributed by atoms with van der Waals surface area (Å²) in [6, 6.07) is 14.2. The number of benzene rings is 1. The molecule has 3 aromatic heterocycles. The molecule has 0 spiro atoms. The van der Waals surface area contributed by atoms with Gasteiger partial charge in [0.1, 0.15) is 11.3 Å². The third-order valence-electron chi connectivity index (χ3n) is 4.20. The first-order chi connectivity index (χ1) is 13.7. The van der Waals surface area contributed by atoms with Crippen LogP contribution in [0.2, 0.25) is 0 Å². The average Bonchev–Trinajstić information content (AvgIpc) is 2.72. The Labute approximate surface area is 160 Å². The van der Waals surface area contributed by atoms with Crippen molar-refractivity contribution >= 4 is 22.5 Å². The predicted octanol–water partition coefficient (Wildman–Crippen LogP) is 2.20. The van der Waals surface area contributed by atoms with Gasteiger partial charge in [0.2, 0.25) is 0 Å². The number of aromatic nitrogens is 4. The number of nitrogens with zero attached hydrogens (tertiary/aromatic N) is 4. The molecular formula is C21H16N6O. The maximum absolute atomic E-state index is 11.9. The van der Waals surface area contributed by atoms with Crippen LogP contribution in [0.4, 0.5) is 11.6 Å². The Morgan fingerprint density at radius 1 is 1.07 bits per heavy atom. The summed E-state index contributed by atoms with van der Waals surface area (Å²) >= 11 is 0. The van der Waals surface area contributed by atoms with Gasteiger partial charge in [0.05, 0.1) is 5.56 Å². The molecule has 0 saturated heterocycles. The summed E-state index contributed by atoms with van der Waals surface area (Å²) < 4.78 is 1.58. The number of anilines is 2. The summed E-state index contributed by atoms with van der Waals surface area (Å²) in [6.45, 7) is 0. The van der Waals surface area contributed by atoms with Gasteiger partial charge in [-0.05, 0) is 36.4 Å². The molecule has 0 aliphatic rings. The van der Waals surface area contributed by atoms with Gasteiger partial charge in [0, 0.05) is 42.1 Å². The first-order valence-electron chi connectivity index (χ1n) is 8.55. The minimum absolute atomic E-state index is 0.0813. The molecule has 7 heteroatoms. The fraction of sp³-hybridized carbons (Fsp3) is 0.0476. The summed E-state index contributed by atoms with van der Waals surface area (Å²) in [5.74, 6) is 7.17. The van der Waals surface area contributed by atoms with Gasteiger partial charge in [0.25, 0.3) is 5.56 Å². The number of pyridine rings is 2. The minimum Gasteiger partial charge on any atom is -0.382 e. The molecule has 4 rings (SSSR count). The highest BCUT2D eigenvalue weighted by molar-refractivity contribution is 5.93. The Balaban J connectivity index is 1.71. The normalized spacial score (nSPS) is 10.3. The summed E-state index contributed by atoms with van der Waals surface area (Å²) in [7, 11) is 1.77. The summed E-state index contributed by atoms with van der Waals surface area (Å²) in [5.41, 5.74) is 8.62. The lowest BCUT2D eigenvalue weighted by Gasteiger charge is -2.06. The van der Waals surface area contributed by atoms with Crippen molar-refractivity contribution in [2.45, 2.75) is 0 Å². The van der Waals surface area contributed by atoms with E-state index in [9.17, 15) is 4.79 Å². The van der Waals surface area contributed by atoms with Crippen molar-refractivity contribution in [3.8, 4) is 17.5 Å². The van der Waals surface area contributed by atoms with Gasteiger partial charge in [-0.3, -0.25) is 9.36 Å². The predicted molar refractivity (Wildman–Crippen MR) is 109 cm³/mol. The van der Waals surface area contributed by atoms with E-state index in [1.54, 1.807) is 36.1 Å². The third-order valence-corrected chi connectivity index (χ3v) is 4.20. The van der Waals surface area contributed by atoms with Crippen molar-refractivity contribution in [3.05, 3.63) is 82.4 Å². The average molecular weight is 368 g/mol. The number of fused-ring (bicyclic) bond motifs is 1. The van der Waals surface area contributed by atoms with Crippen LogP contribution in [-0.4, -0.2) is 26.8 Å². The number of nitrogens with two attached hydrogens (primary N) is 1. The van der Waals surface area contributed by atoms with E-state index in [1.165, 1.54) is 6.07 Å². The summed E-state index contributed by atoms with van der Waals surface area (Å²) in [6.07, 6.45) is 3.41. The molecule has 136 valence electrons. The zero-order chi connectivity index (χ0) is 19.5. The van der Waals surface area contributed by atoms with Gasteiger partial charge >= 0.3 is 0 Å². The Morgan fingerprint density at radius 3 is 2.64 bits per heavy atom. The number of hydrogen-bond acceptors (Lipinski definition) is 6. The van der Waals surface area contributed by atoms with E-state index >= 15 is 0 Å². The van der Waals surface area contributed by atoms with E-state index < -0.39 is 0 Å². The molecule has 3 heterocycles. The molecule has 0 atom stereocenters. The first kappa shape index (κ1) is 17.2. The van der Waals surface area contributed by atoms with Crippen molar-refractivity contribution in [2.75, 3.05) is 18.1 Å². The summed E-state index contributed by atoms with van der Waals surface area (Å²) in [4.78, 5) is 16.3. The molecule has 0 aliphatic carbocycles. The largest absolute Gasteiger partial charge is 0.382 e. The third kappa shape index (κ3) is 3.27. The van der Waals surface area contributed by atoms with E-state index in [0.717, 1.165) is 16.6 Å². The SMILES string of the molecule is CNc1ncc(C#Cc2ccc(-n3ccccc3=O)cc2)c2cc(N)nnc12. The molecule has 4 aromatic rings. The smallest absolute Gasteiger partial charge is 0.255 e. The standard InChI is InChI=1S/C21H16N6O/c1-23-21-20-17(12-18(22)25-26-20)15(13-24-21)8-5-14-6-9-16(10-7-14)27-11-3-2-4-19(27)28/h2-4,6-7,9-13H,1H3,(H2,22,25)(H,23,24). The first-order valence-corrected chi connectivity index (χ1v) is 8.55. The number of nitrogen functional groups attached to an aromatic ring is 1. The topological polar surface area (TPSA) is 98.7 Å². The molecule has 1 aromatic carbocycles. The van der Waals surface area contributed by atoms with Crippen LogP contribution >= 0.6 is 0 Å². The second-order valence-electron chi connectivity index (χ2n) is 6.01. The maximum Gasteiger partial charge on any atom is 0.255 e. The monoisotopic (exact) mass is 368 g/mol. The van der Waals surface area contributed by atoms with Crippen molar-refractivity contribution in [1.29, 1.82) is 0 Å². The van der Waals surface area contributed by atoms with Crippen molar-refractivity contribution in [1.82, 2.24) is 19.7 Å². The van der Waals surface area contributed by atoms with Crippen LogP contribution in [0.3, 0.4) is 0 Å².